The molecule has 0 aromatic heterocycles. The van der Waals surface area contributed by atoms with E-state index in [1.165, 1.54) is 11.1 Å². The number of nitrogens with zero attached hydrogens (tertiary/aromatic N) is 1. The van der Waals surface area contributed by atoms with Gasteiger partial charge in [-0.1, -0.05) is 42.8 Å². The summed E-state index contributed by atoms with van der Waals surface area (Å²) >= 11 is 5.87. The first-order valence-electron chi connectivity index (χ1n) is 10.6. The van der Waals surface area contributed by atoms with Crippen molar-refractivity contribution in [2.75, 3.05) is 19.7 Å². The molecule has 3 rings (SSSR count). The maximum Gasteiger partial charge on any atom is 0.260 e. The number of carbonyl (C=O) groups excluding carboxylic acids is 2. The number of aryl methyl sites for hydroxylation is 1. The molecule has 0 fully saturated rings. The molecule has 0 heterocycles. The van der Waals surface area contributed by atoms with Gasteiger partial charge in [0, 0.05) is 24.5 Å². The van der Waals surface area contributed by atoms with Gasteiger partial charge in [-0.25, -0.2) is 0 Å². The van der Waals surface area contributed by atoms with Crippen LogP contribution in [-0.2, 0) is 16.0 Å². The van der Waals surface area contributed by atoms with Crippen molar-refractivity contribution in [2.45, 2.75) is 45.1 Å². The zero-order valence-electron chi connectivity index (χ0n) is 17.4. The van der Waals surface area contributed by atoms with Crippen molar-refractivity contribution < 1.29 is 14.3 Å². The Labute approximate surface area is 183 Å². The topological polar surface area (TPSA) is 58.6 Å². The summed E-state index contributed by atoms with van der Waals surface area (Å²) in [6.45, 7) is 2.94. The number of rotatable bonds is 9. The molecule has 0 bridgehead atoms. The van der Waals surface area contributed by atoms with Crippen molar-refractivity contribution in [1.29, 1.82) is 0 Å². The second-order valence-electron chi connectivity index (χ2n) is 7.58. The first kappa shape index (κ1) is 22.2. The summed E-state index contributed by atoms with van der Waals surface area (Å²) in [4.78, 5) is 26.9. The van der Waals surface area contributed by atoms with Crippen LogP contribution in [0.2, 0.25) is 5.02 Å². The van der Waals surface area contributed by atoms with E-state index in [0.717, 1.165) is 25.7 Å². The average molecular weight is 429 g/mol. The van der Waals surface area contributed by atoms with Crippen LogP contribution in [0, 0.1) is 0 Å². The molecule has 160 valence electrons. The Kier molecular flexibility index (Phi) is 8.14. The van der Waals surface area contributed by atoms with E-state index in [4.69, 9.17) is 16.3 Å². The average Bonchev–Trinajstić information content (AvgIpc) is 2.76. The predicted molar refractivity (Wildman–Crippen MR) is 119 cm³/mol. The van der Waals surface area contributed by atoms with Gasteiger partial charge >= 0.3 is 0 Å². The minimum atomic E-state index is -0.123. The summed E-state index contributed by atoms with van der Waals surface area (Å²) in [5.74, 6) is 0.449. The second-order valence-corrected chi connectivity index (χ2v) is 8.02. The molecule has 1 aliphatic rings. The molecule has 1 atom stereocenters. The quantitative estimate of drug-likeness (QED) is 0.637. The zero-order valence-corrected chi connectivity index (χ0v) is 18.2. The summed E-state index contributed by atoms with van der Waals surface area (Å²) in [7, 11) is 0. The molecule has 30 heavy (non-hydrogen) atoms. The molecule has 0 radical (unpaired) electrons. The minimum absolute atomic E-state index is 0.0239. The van der Waals surface area contributed by atoms with Gasteiger partial charge in [0.25, 0.3) is 5.91 Å². The summed E-state index contributed by atoms with van der Waals surface area (Å²) in [5.41, 5.74) is 2.53. The molecule has 1 aliphatic carbocycles. The van der Waals surface area contributed by atoms with Crippen LogP contribution in [0.25, 0.3) is 0 Å². The largest absolute Gasteiger partial charge is 0.484 e. The van der Waals surface area contributed by atoms with Crippen LogP contribution in [0.3, 0.4) is 0 Å². The summed E-state index contributed by atoms with van der Waals surface area (Å²) in [5, 5.41) is 3.77. The fourth-order valence-corrected chi connectivity index (χ4v) is 3.93. The summed E-state index contributed by atoms with van der Waals surface area (Å²) in [6.07, 6.45) is 4.20. The third kappa shape index (κ3) is 6.23. The fourth-order valence-electron chi connectivity index (χ4n) is 3.81. The molecule has 2 aromatic carbocycles. The molecule has 5 nitrogen and oxygen atoms in total. The van der Waals surface area contributed by atoms with E-state index in [1.807, 2.05) is 19.1 Å². The van der Waals surface area contributed by atoms with Crippen LogP contribution in [0.15, 0.2) is 48.5 Å². The smallest absolute Gasteiger partial charge is 0.260 e. The van der Waals surface area contributed by atoms with Crippen LogP contribution in [0.4, 0.5) is 0 Å². The van der Waals surface area contributed by atoms with E-state index in [-0.39, 0.29) is 30.9 Å². The van der Waals surface area contributed by atoms with Crippen LogP contribution in [-0.4, -0.2) is 36.4 Å². The van der Waals surface area contributed by atoms with E-state index in [0.29, 0.717) is 23.9 Å². The van der Waals surface area contributed by atoms with Gasteiger partial charge in [-0.2, -0.15) is 0 Å². The Bertz CT molecular complexity index is 854. The Balaban J connectivity index is 1.49. The molecule has 0 spiro atoms. The number of hydrogen-bond donors (Lipinski definition) is 1. The normalized spacial score (nSPS) is 15.2. The van der Waals surface area contributed by atoms with Gasteiger partial charge in [-0.3, -0.25) is 9.59 Å². The monoisotopic (exact) mass is 428 g/mol. The highest BCUT2D eigenvalue weighted by atomic mass is 35.5. The lowest BCUT2D eigenvalue weighted by molar-refractivity contribution is -0.134. The van der Waals surface area contributed by atoms with Crippen LogP contribution in [0.5, 0.6) is 5.75 Å². The van der Waals surface area contributed by atoms with Crippen molar-refractivity contribution in [2.24, 2.45) is 0 Å². The van der Waals surface area contributed by atoms with Crippen molar-refractivity contribution in [3.05, 3.63) is 64.7 Å². The highest BCUT2D eigenvalue weighted by Gasteiger charge is 2.22. The first-order valence-corrected chi connectivity index (χ1v) is 11.0. The molecular formula is C24H29ClN2O3. The molecule has 0 aliphatic heterocycles. The van der Waals surface area contributed by atoms with Gasteiger partial charge in [-0.05, 0) is 61.1 Å². The van der Waals surface area contributed by atoms with Crippen LogP contribution in [0.1, 0.15) is 49.8 Å². The van der Waals surface area contributed by atoms with Gasteiger partial charge in [0.05, 0.1) is 6.04 Å². The van der Waals surface area contributed by atoms with Crippen LogP contribution < -0.4 is 10.1 Å². The Morgan fingerprint density at radius 3 is 2.67 bits per heavy atom. The number of nitrogens with one attached hydrogen (secondary N) is 1. The Morgan fingerprint density at radius 1 is 1.13 bits per heavy atom. The molecule has 1 N–H and O–H groups in total. The zero-order chi connectivity index (χ0) is 21.3. The van der Waals surface area contributed by atoms with E-state index in [1.54, 1.807) is 29.2 Å². The highest BCUT2D eigenvalue weighted by molar-refractivity contribution is 6.30. The van der Waals surface area contributed by atoms with E-state index in [2.05, 4.69) is 17.4 Å². The van der Waals surface area contributed by atoms with E-state index in [9.17, 15) is 9.59 Å². The maximum absolute atomic E-state index is 12.6. The maximum atomic E-state index is 12.6. The van der Waals surface area contributed by atoms with Gasteiger partial charge in [0.15, 0.2) is 6.61 Å². The number of halogens is 1. The number of ether oxygens (including phenoxy) is 1. The van der Waals surface area contributed by atoms with E-state index < -0.39 is 0 Å². The van der Waals surface area contributed by atoms with Gasteiger partial charge in [0.2, 0.25) is 5.91 Å². The number of carbonyl (C=O) groups is 2. The number of benzene rings is 2. The lowest BCUT2D eigenvalue weighted by Gasteiger charge is -2.27. The summed E-state index contributed by atoms with van der Waals surface area (Å²) < 4.78 is 5.57. The van der Waals surface area contributed by atoms with Gasteiger partial charge in [0.1, 0.15) is 5.75 Å². The number of fused-ring (bicyclic) bond motifs is 1. The fraction of sp³-hybridized carbons (Fsp3) is 0.417. The highest BCUT2D eigenvalue weighted by Crippen LogP contribution is 2.29. The summed E-state index contributed by atoms with van der Waals surface area (Å²) in [6, 6.07) is 15.3. The molecule has 2 aromatic rings. The number of amides is 2. The minimum Gasteiger partial charge on any atom is -0.484 e. The van der Waals surface area contributed by atoms with Gasteiger partial charge < -0.3 is 15.0 Å². The Morgan fingerprint density at radius 2 is 1.90 bits per heavy atom. The molecule has 2 amide bonds. The van der Waals surface area contributed by atoms with Gasteiger partial charge in [-0.15, -0.1) is 0 Å². The molecule has 6 heteroatoms. The van der Waals surface area contributed by atoms with Crippen molar-refractivity contribution in [1.82, 2.24) is 10.2 Å². The Hall–Kier alpha value is -2.53. The second kappa shape index (κ2) is 11.0. The number of hydrogen-bond acceptors (Lipinski definition) is 3. The standard InChI is InChI=1S/C24H29ClN2O3/c1-2-15-27(24(29)17-30-20-12-10-19(25)11-13-20)16-14-23(28)26-22-9-5-7-18-6-3-4-8-21(18)22/h3-4,6,8,10-13,22H,2,5,7,9,14-17H2,1H3,(H,26,28). The predicted octanol–water partition coefficient (Wildman–Crippen LogP) is 4.54. The van der Waals surface area contributed by atoms with E-state index >= 15 is 0 Å². The molecule has 0 saturated carbocycles. The lowest BCUT2D eigenvalue weighted by atomic mass is 9.87. The molecule has 1 unspecified atom stereocenters. The van der Waals surface area contributed by atoms with Crippen LogP contribution >= 0.6 is 11.6 Å². The first-order chi connectivity index (χ1) is 14.6. The van der Waals surface area contributed by atoms with Crippen molar-refractivity contribution in [3.63, 3.8) is 0 Å². The SMILES string of the molecule is CCCN(CCC(=O)NC1CCCc2ccccc21)C(=O)COc1ccc(Cl)cc1. The molecule has 0 saturated heterocycles. The van der Waals surface area contributed by atoms with Crippen molar-refractivity contribution in [3.8, 4) is 5.75 Å². The third-order valence-corrected chi connectivity index (χ3v) is 5.59. The van der Waals surface area contributed by atoms with Crippen molar-refractivity contribution >= 4 is 23.4 Å². The third-order valence-electron chi connectivity index (χ3n) is 5.34. The molecular weight excluding hydrogens is 400 g/mol. The lowest BCUT2D eigenvalue weighted by Crippen LogP contribution is -2.39.